The van der Waals surface area contributed by atoms with Crippen LogP contribution in [0.4, 0.5) is 4.39 Å². The Balaban J connectivity index is 2.19. The van der Waals surface area contributed by atoms with E-state index in [0.717, 1.165) is 0 Å². The van der Waals surface area contributed by atoms with E-state index in [-0.39, 0.29) is 12.4 Å². The van der Waals surface area contributed by atoms with Gasteiger partial charge in [-0.25, -0.2) is 9.18 Å². The van der Waals surface area contributed by atoms with Crippen molar-refractivity contribution < 1.29 is 23.4 Å². The molecule has 0 aliphatic carbocycles. The van der Waals surface area contributed by atoms with Gasteiger partial charge in [0.15, 0.2) is 11.5 Å². The highest BCUT2D eigenvalue weighted by Gasteiger charge is 2.13. The van der Waals surface area contributed by atoms with Crippen molar-refractivity contribution >= 4 is 23.6 Å². The summed E-state index contributed by atoms with van der Waals surface area (Å²) in [6.07, 6.45) is 2.86. The van der Waals surface area contributed by atoms with Crippen LogP contribution in [0.2, 0.25) is 5.02 Å². The van der Waals surface area contributed by atoms with Crippen LogP contribution in [0.25, 0.3) is 6.08 Å². The number of esters is 1. The largest absolute Gasteiger partial charge is 0.493 e. The molecule has 0 radical (unpaired) electrons. The lowest BCUT2D eigenvalue weighted by molar-refractivity contribution is -0.137. The van der Waals surface area contributed by atoms with Crippen LogP contribution in [-0.2, 0) is 16.1 Å². The Morgan fingerprint density at radius 2 is 2.04 bits per heavy atom. The molecule has 0 unspecified atom stereocenters. The van der Waals surface area contributed by atoms with E-state index in [1.807, 2.05) is 0 Å². The van der Waals surface area contributed by atoms with Gasteiger partial charge in [0.25, 0.3) is 0 Å². The molecule has 2 aromatic rings. The van der Waals surface area contributed by atoms with Crippen LogP contribution >= 0.6 is 11.6 Å². The summed E-state index contributed by atoms with van der Waals surface area (Å²) in [4.78, 5) is 11.4. The van der Waals surface area contributed by atoms with Gasteiger partial charge in [0.1, 0.15) is 12.4 Å². The van der Waals surface area contributed by atoms with Crippen molar-refractivity contribution in [1.29, 1.82) is 0 Å². The maximum absolute atomic E-state index is 13.7. The monoisotopic (exact) mass is 364 g/mol. The van der Waals surface area contributed by atoms with Gasteiger partial charge in [-0.15, -0.1) is 0 Å². The number of benzene rings is 2. The fourth-order valence-corrected chi connectivity index (χ4v) is 2.37. The second kappa shape index (κ2) is 9.08. The van der Waals surface area contributed by atoms with Crippen molar-refractivity contribution in [2.24, 2.45) is 0 Å². The third-order valence-corrected chi connectivity index (χ3v) is 3.56. The fourth-order valence-electron chi connectivity index (χ4n) is 2.10. The summed E-state index contributed by atoms with van der Waals surface area (Å²) in [5.41, 5.74) is 1.06. The molecule has 0 bridgehead atoms. The first kappa shape index (κ1) is 18.8. The van der Waals surface area contributed by atoms with Gasteiger partial charge in [-0.1, -0.05) is 29.8 Å². The first-order valence-electron chi connectivity index (χ1n) is 7.63. The Hall–Kier alpha value is -2.53. The molecule has 0 aliphatic rings. The van der Waals surface area contributed by atoms with Gasteiger partial charge >= 0.3 is 5.97 Å². The maximum atomic E-state index is 13.7. The molecule has 25 heavy (non-hydrogen) atoms. The van der Waals surface area contributed by atoms with E-state index in [2.05, 4.69) is 0 Å². The highest BCUT2D eigenvalue weighted by molar-refractivity contribution is 6.32. The molecule has 0 saturated heterocycles. The average molecular weight is 365 g/mol. The zero-order chi connectivity index (χ0) is 18.2. The van der Waals surface area contributed by atoms with Crippen LogP contribution in [0.3, 0.4) is 0 Å². The minimum Gasteiger partial charge on any atom is -0.493 e. The molecular formula is C19H18ClFO4. The average Bonchev–Trinajstić information content (AvgIpc) is 2.60. The van der Waals surface area contributed by atoms with Crippen LogP contribution in [-0.4, -0.2) is 19.7 Å². The molecule has 6 heteroatoms. The van der Waals surface area contributed by atoms with Crippen LogP contribution in [0.1, 0.15) is 18.1 Å². The number of ether oxygens (including phenoxy) is 3. The number of carbonyl (C=O) groups is 1. The molecule has 0 spiro atoms. The third kappa shape index (κ3) is 5.22. The van der Waals surface area contributed by atoms with E-state index in [9.17, 15) is 9.18 Å². The lowest BCUT2D eigenvalue weighted by Gasteiger charge is -2.13. The number of hydrogen-bond donors (Lipinski definition) is 0. The molecule has 2 rings (SSSR count). The molecule has 2 aromatic carbocycles. The van der Waals surface area contributed by atoms with Crippen molar-refractivity contribution in [1.82, 2.24) is 0 Å². The maximum Gasteiger partial charge on any atom is 0.330 e. The summed E-state index contributed by atoms with van der Waals surface area (Å²) < 4.78 is 29.4. The minimum atomic E-state index is -0.447. The molecule has 0 aromatic heterocycles. The lowest BCUT2D eigenvalue weighted by Crippen LogP contribution is -2.01. The Labute approximate surface area is 150 Å². The van der Waals surface area contributed by atoms with Crippen LogP contribution < -0.4 is 9.47 Å². The Morgan fingerprint density at radius 1 is 1.28 bits per heavy atom. The van der Waals surface area contributed by atoms with Gasteiger partial charge in [-0.3, -0.25) is 0 Å². The molecule has 0 amide bonds. The van der Waals surface area contributed by atoms with Gasteiger partial charge < -0.3 is 14.2 Å². The Bertz CT molecular complexity index is 774. The molecule has 132 valence electrons. The summed E-state index contributed by atoms with van der Waals surface area (Å²) in [6, 6.07) is 9.61. The van der Waals surface area contributed by atoms with Crippen molar-refractivity contribution in [3.8, 4) is 11.5 Å². The van der Waals surface area contributed by atoms with Crippen molar-refractivity contribution in [2.75, 3.05) is 13.7 Å². The lowest BCUT2D eigenvalue weighted by atomic mass is 10.2. The molecule has 0 atom stereocenters. The number of carbonyl (C=O) groups excluding carboxylic acids is 1. The van der Waals surface area contributed by atoms with Crippen molar-refractivity contribution in [3.05, 3.63) is 64.4 Å². The molecule has 0 heterocycles. The van der Waals surface area contributed by atoms with Gasteiger partial charge in [0, 0.05) is 11.6 Å². The fraction of sp³-hybridized carbons (Fsp3) is 0.211. The highest BCUT2D eigenvalue weighted by Crippen LogP contribution is 2.37. The number of hydrogen-bond acceptors (Lipinski definition) is 4. The summed E-state index contributed by atoms with van der Waals surface area (Å²) >= 11 is 6.25. The molecule has 0 N–H and O–H groups in total. The first-order valence-corrected chi connectivity index (χ1v) is 8.01. The topological polar surface area (TPSA) is 44.8 Å². The molecule has 0 fully saturated rings. The predicted molar refractivity (Wildman–Crippen MR) is 94.4 cm³/mol. The number of halogens is 2. The SMILES string of the molecule is CCOC(=O)/C=C/c1cc(Cl)c(OCc2ccccc2F)c(OC)c1. The zero-order valence-electron chi connectivity index (χ0n) is 13.9. The van der Waals surface area contributed by atoms with Crippen molar-refractivity contribution in [3.63, 3.8) is 0 Å². The summed E-state index contributed by atoms with van der Waals surface area (Å²) in [5.74, 6) is -0.114. The molecular weight excluding hydrogens is 347 g/mol. The predicted octanol–water partition coefficient (Wildman–Crippen LogP) is 4.64. The Morgan fingerprint density at radius 3 is 2.72 bits per heavy atom. The quantitative estimate of drug-likeness (QED) is 0.530. The van der Waals surface area contributed by atoms with Gasteiger partial charge in [-0.05, 0) is 36.8 Å². The third-order valence-electron chi connectivity index (χ3n) is 3.28. The summed E-state index contributed by atoms with van der Waals surface area (Å²) in [7, 11) is 1.47. The van der Waals surface area contributed by atoms with Crippen LogP contribution in [0, 0.1) is 5.82 Å². The van der Waals surface area contributed by atoms with E-state index in [1.165, 1.54) is 19.3 Å². The molecule has 0 aliphatic heterocycles. The smallest absolute Gasteiger partial charge is 0.330 e. The number of rotatable bonds is 7. The summed E-state index contributed by atoms with van der Waals surface area (Å²) in [5, 5.41) is 0.291. The van der Waals surface area contributed by atoms with E-state index in [1.54, 1.807) is 43.3 Å². The normalized spacial score (nSPS) is 10.7. The van der Waals surface area contributed by atoms with Gasteiger partial charge in [-0.2, -0.15) is 0 Å². The Kier molecular flexibility index (Phi) is 6.83. The second-order valence-electron chi connectivity index (χ2n) is 5.00. The zero-order valence-corrected chi connectivity index (χ0v) is 14.7. The first-order chi connectivity index (χ1) is 12.0. The minimum absolute atomic E-state index is 0.0146. The van der Waals surface area contributed by atoms with Crippen molar-refractivity contribution in [2.45, 2.75) is 13.5 Å². The second-order valence-corrected chi connectivity index (χ2v) is 5.41. The van der Waals surface area contributed by atoms with E-state index < -0.39 is 5.97 Å². The highest BCUT2D eigenvalue weighted by atomic mass is 35.5. The van der Waals surface area contributed by atoms with Crippen LogP contribution in [0.15, 0.2) is 42.5 Å². The van der Waals surface area contributed by atoms with Gasteiger partial charge in [0.2, 0.25) is 0 Å². The van der Waals surface area contributed by atoms with E-state index >= 15 is 0 Å². The van der Waals surface area contributed by atoms with Crippen LogP contribution in [0.5, 0.6) is 11.5 Å². The van der Waals surface area contributed by atoms with E-state index in [4.69, 9.17) is 25.8 Å². The number of methoxy groups -OCH3 is 1. The molecule has 4 nitrogen and oxygen atoms in total. The summed E-state index contributed by atoms with van der Waals surface area (Å²) in [6.45, 7) is 2.05. The standard InChI is InChI=1S/C19H18ClFO4/c1-3-24-18(22)9-8-13-10-15(20)19(17(11-13)23-2)25-12-14-6-4-5-7-16(14)21/h4-11H,3,12H2,1-2H3/b9-8+. The van der Waals surface area contributed by atoms with Gasteiger partial charge in [0.05, 0.1) is 18.7 Å². The van der Waals surface area contributed by atoms with E-state index in [0.29, 0.717) is 34.3 Å². The molecule has 0 saturated carbocycles.